The Morgan fingerprint density at radius 3 is 2.10 bits per heavy atom. The molecule has 1 N–H and O–H groups in total. The number of likely N-dealkylation sites (tertiary alicyclic amines) is 1. The molecule has 2 heterocycles. The number of benzene rings is 1. The van der Waals surface area contributed by atoms with Crippen LogP contribution in [0.2, 0.25) is 0 Å². The van der Waals surface area contributed by atoms with Gasteiger partial charge in [-0.05, 0) is 48.4 Å². The van der Waals surface area contributed by atoms with Gasteiger partial charge in [-0.25, -0.2) is 0 Å². The third kappa shape index (κ3) is 2.64. The second-order valence-electron chi connectivity index (χ2n) is 7.68. The van der Waals surface area contributed by atoms with E-state index in [0.29, 0.717) is 6.04 Å². The highest BCUT2D eigenvalue weighted by molar-refractivity contribution is 5.29. The highest BCUT2D eigenvalue weighted by atomic mass is 15.2. The van der Waals surface area contributed by atoms with Crippen molar-refractivity contribution < 1.29 is 0 Å². The van der Waals surface area contributed by atoms with Gasteiger partial charge < -0.3 is 5.32 Å². The van der Waals surface area contributed by atoms with Crippen LogP contribution < -0.4 is 5.32 Å². The largest absolute Gasteiger partial charge is 0.316 e. The Bertz CT molecular complexity index is 445. The van der Waals surface area contributed by atoms with Gasteiger partial charge in [0.25, 0.3) is 0 Å². The van der Waals surface area contributed by atoms with E-state index in [-0.39, 0.29) is 5.41 Å². The topological polar surface area (TPSA) is 15.3 Å². The predicted molar refractivity (Wildman–Crippen MR) is 85.0 cm³/mol. The summed E-state index contributed by atoms with van der Waals surface area (Å²) >= 11 is 0. The van der Waals surface area contributed by atoms with Crippen LogP contribution in [0, 0.1) is 11.8 Å². The molecule has 0 spiro atoms. The lowest BCUT2D eigenvalue weighted by Gasteiger charge is -2.26. The van der Waals surface area contributed by atoms with Crippen LogP contribution in [-0.4, -0.2) is 31.1 Å². The van der Waals surface area contributed by atoms with Crippen molar-refractivity contribution in [1.29, 1.82) is 0 Å². The van der Waals surface area contributed by atoms with Crippen molar-refractivity contribution in [2.45, 2.75) is 39.2 Å². The molecule has 2 aliphatic heterocycles. The van der Waals surface area contributed by atoms with Gasteiger partial charge in [-0.2, -0.15) is 0 Å². The lowest BCUT2D eigenvalue weighted by Crippen LogP contribution is -2.28. The van der Waals surface area contributed by atoms with Crippen molar-refractivity contribution in [2.24, 2.45) is 11.8 Å². The van der Waals surface area contributed by atoms with Crippen molar-refractivity contribution in [1.82, 2.24) is 10.2 Å². The van der Waals surface area contributed by atoms with Crippen LogP contribution in [-0.2, 0) is 5.41 Å². The Hall–Kier alpha value is -0.860. The van der Waals surface area contributed by atoms with Crippen molar-refractivity contribution in [3.63, 3.8) is 0 Å². The van der Waals surface area contributed by atoms with Gasteiger partial charge in [0.1, 0.15) is 0 Å². The van der Waals surface area contributed by atoms with Crippen LogP contribution in [0.1, 0.15) is 44.9 Å². The zero-order chi connectivity index (χ0) is 14.3. The van der Waals surface area contributed by atoms with Gasteiger partial charge in [0.05, 0.1) is 0 Å². The molecule has 0 bridgehead atoms. The zero-order valence-corrected chi connectivity index (χ0v) is 13.3. The Balaban J connectivity index is 1.70. The van der Waals surface area contributed by atoms with E-state index in [4.69, 9.17) is 0 Å². The predicted octanol–water partition coefficient (Wildman–Crippen LogP) is 3.20. The highest BCUT2D eigenvalue weighted by Gasteiger charge is 2.37. The summed E-state index contributed by atoms with van der Waals surface area (Å²) in [6, 6.07) is 9.83. The molecule has 3 rings (SSSR count). The molecular formula is C18H28N2. The van der Waals surface area contributed by atoms with Gasteiger partial charge in [0.2, 0.25) is 0 Å². The van der Waals surface area contributed by atoms with Gasteiger partial charge in [-0.3, -0.25) is 4.90 Å². The van der Waals surface area contributed by atoms with Crippen LogP contribution in [0.15, 0.2) is 24.3 Å². The number of nitrogens with one attached hydrogen (secondary N) is 1. The SMILES string of the molecule is CC(c1ccc(C(C)(C)C)cc1)N1CC2CNCC2C1. The molecule has 0 aliphatic carbocycles. The first kappa shape index (κ1) is 14.1. The third-order valence-electron chi connectivity index (χ3n) is 5.22. The van der Waals surface area contributed by atoms with Gasteiger partial charge >= 0.3 is 0 Å². The average molecular weight is 272 g/mol. The zero-order valence-electron chi connectivity index (χ0n) is 13.3. The first-order valence-corrected chi connectivity index (χ1v) is 8.00. The minimum Gasteiger partial charge on any atom is -0.316 e. The van der Waals surface area contributed by atoms with E-state index >= 15 is 0 Å². The molecule has 0 radical (unpaired) electrons. The smallest absolute Gasteiger partial charge is 0.0320 e. The summed E-state index contributed by atoms with van der Waals surface area (Å²) in [4.78, 5) is 2.67. The summed E-state index contributed by atoms with van der Waals surface area (Å²) in [6.45, 7) is 14.2. The summed E-state index contributed by atoms with van der Waals surface area (Å²) in [5, 5.41) is 3.52. The number of hydrogen-bond donors (Lipinski definition) is 1. The van der Waals surface area contributed by atoms with E-state index < -0.39 is 0 Å². The van der Waals surface area contributed by atoms with Crippen LogP contribution in [0.25, 0.3) is 0 Å². The quantitative estimate of drug-likeness (QED) is 0.889. The second kappa shape index (κ2) is 5.16. The molecule has 3 unspecified atom stereocenters. The molecule has 20 heavy (non-hydrogen) atoms. The Kier molecular flexibility index (Phi) is 3.64. The molecule has 110 valence electrons. The van der Waals surface area contributed by atoms with E-state index in [9.17, 15) is 0 Å². The van der Waals surface area contributed by atoms with Crippen molar-refractivity contribution in [2.75, 3.05) is 26.2 Å². The molecule has 0 saturated carbocycles. The fourth-order valence-electron chi connectivity index (χ4n) is 3.68. The van der Waals surface area contributed by atoms with Crippen LogP contribution >= 0.6 is 0 Å². The minimum absolute atomic E-state index is 0.248. The molecule has 1 aromatic carbocycles. The molecule has 1 aromatic rings. The summed E-state index contributed by atoms with van der Waals surface area (Å²) in [5.41, 5.74) is 3.14. The van der Waals surface area contributed by atoms with Gasteiger partial charge in [-0.1, -0.05) is 45.0 Å². The van der Waals surface area contributed by atoms with Gasteiger partial charge in [0.15, 0.2) is 0 Å². The molecule has 2 aliphatic rings. The number of rotatable bonds is 2. The lowest BCUT2D eigenvalue weighted by molar-refractivity contribution is 0.244. The van der Waals surface area contributed by atoms with Crippen molar-refractivity contribution >= 4 is 0 Å². The molecule has 0 amide bonds. The molecule has 2 saturated heterocycles. The fourth-order valence-corrected chi connectivity index (χ4v) is 3.68. The van der Waals surface area contributed by atoms with Crippen LogP contribution in [0.5, 0.6) is 0 Å². The summed E-state index contributed by atoms with van der Waals surface area (Å²) in [7, 11) is 0. The minimum atomic E-state index is 0.248. The third-order valence-corrected chi connectivity index (χ3v) is 5.22. The molecule has 0 aromatic heterocycles. The maximum atomic E-state index is 3.52. The maximum absolute atomic E-state index is 3.52. The number of nitrogens with zero attached hydrogens (tertiary/aromatic N) is 1. The van der Waals surface area contributed by atoms with E-state index in [2.05, 4.69) is 62.2 Å². The average Bonchev–Trinajstić information content (AvgIpc) is 2.97. The Morgan fingerprint density at radius 1 is 1.05 bits per heavy atom. The summed E-state index contributed by atoms with van der Waals surface area (Å²) in [6.07, 6.45) is 0. The summed E-state index contributed by atoms with van der Waals surface area (Å²) in [5.74, 6) is 1.76. The normalized spacial score (nSPS) is 28.6. The van der Waals surface area contributed by atoms with Gasteiger partial charge in [-0.15, -0.1) is 0 Å². The Labute approximate surface area is 123 Å². The lowest BCUT2D eigenvalue weighted by atomic mass is 9.86. The highest BCUT2D eigenvalue weighted by Crippen LogP contribution is 2.33. The molecule has 2 nitrogen and oxygen atoms in total. The molecular weight excluding hydrogens is 244 g/mol. The first-order chi connectivity index (χ1) is 9.45. The van der Waals surface area contributed by atoms with Gasteiger partial charge in [0, 0.05) is 19.1 Å². The second-order valence-corrected chi connectivity index (χ2v) is 7.68. The van der Waals surface area contributed by atoms with E-state index in [1.54, 1.807) is 0 Å². The van der Waals surface area contributed by atoms with E-state index in [1.807, 2.05) is 0 Å². The number of fused-ring (bicyclic) bond motifs is 1. The monoisotopic (exact) mass is 272 g/mol. The Morgan fingerprint density at radius 2 is 1.60 bits per heavy atom. The standard InChI is InChI=1S/C18H28N2/c1-13(20-11-15-9-19-10-16(15)12-20)14-5-7-17(8-6-14)18(2,3)4/h5-8,13,15-16,19H,9-12H2,1-4H3. The molecule has 3 atom stereocenters. The van der Waals surface area contributed by atoms with E-state index in [1.165, 1.54) is 37.3 Å². The van der Waals surface area contributed by atoms with Crippen LogP contribution in [0.4, 0.5) is 0 Å². The van der Waals surface area contributed by atoms with E-state index in [0.717, 1.165) is 11.8 Å². The van der Waals surface area contributed by atoms with Crippen molar-refractivity contribution in [3.05, 3.63) is 35.4 Å². The number of hydrogen-bond acceptors (Lipinski definition) is 2. The fraction of sp³-hybridized carbons (Fsp3) is 0.667. The maximum Gasteiger partial charge on any atom is 0.0320 e. The van der Waals surface area contributed by atoms with Crippen LogP contribution in [0.3, 0.4) is 0 Å². The first-order valence-electron chi connectivity index (χ1n) is 8.00. The molecule has 2 fully saturated rings. The molecule has 2 heteroatoms. The van der Waals surface area contributed by atoms with Crippen molar-refractivity contribution in [3.8, 4) is 0 Å². The summed E-state index contributed by atoms with van der Waals surface area (Å²) < 4.78 is 0.